The Balaban J connectivity index is 1.59. The number of ketones is 1. The molecule has 0 aliphatic carbocycles. The Morgan fingerprint density at radius 3 is 2.32 bits per heavy atom. The molecule has 6 heteroatoms. The van der Waals surface area contributed by atoms with Crippen LogP contribution in [0.15, 0.2) is 47.1 Å². The van der Waals surface area contributed by atoms with Crippen molar-refractivity contribution in [2.24, 2.45) is 0 Å². The number of anilines is 1. The number of rotatable bonds is 5. The molecule has 2 aromatic rings. The number of nitrogens with one attached hydrogen (secondary N) is 1. The number of amides is 1. The van der Waals surface area contributed by atoms with Gasteiger partial charge in [0.1, 0.15) is 0 Å². The fourth-order valence-corrected chi connectivity index (χ4v) is 2.94. The minimum absolute atomic E-state index is 0.0633. The molecule has 1 amide bonds. The lowest BCUT2D eigenvalue weighted by molar-refractivity contribution is 0.0714. The minimum atomic E-state index is -0.193. The molecule has 2 heterocycles. The molecule has 0 saturated carbocycles. The SMILES string of the molecule is CNC(C)C(=O)c1ccc(N2CCN(C(=O)c3ccco3)CC2)cc1. The number of nitrogens with zero attached hydrogens (tertiary/aromatic N) is 2. The van der Waals surface area contributed by atoms with Gasteiger partial charge in [0, 0.05) is 37.4 Å². The first kappa shape index (κ1) is 17.2. The maximum absolute atomic E-state index is 12.3. The Morgan fingerprint density at radius 2 is 1.76 bits per heavy atom. The standard InChI is InChI=1S/C19H23N3O3/c1-14(20-2)18(23)15-5-7-16(8-6-15)21-9-11-22(12-10-21)19(24)17-4-3-13-25-17/h3-8,13-14,20H,9-12H2,1-2H3. The van der Waals surface area contributed by atoms with Gasteiger partial charge in [0.2, 0.25) is 0 Å². The lowest BCUT2D eigenvalue weighted by Crippen LogP contribution is -2.48. The highest BCUT2D eigenvalue weighted by Gasteiger charge is 2.24. The fraction of sp³-hybridized carbons (Fsp3) is 0.368. The maximum Gasteiger partial charge on any atom is 0.289 e. The van der Waals surface area contributed by atoms with E-state index in [0.717, 1.165) is 18.8 Å². The van der Waals surface area contributed by atoms with Crippen molar-refractivity contribution < 1.29 is 14.0 Å². The van der Waals surface area contributed by atoms with Crippen LogP contribution in [0.25, 0.3) is 0 Å². The first-order valence-electron chi connectivity index (χ1n) is 8.49. The third-order valence-electron chi connectivity index (χ3n) is 4.64. The van der Waals surface area contributed by atoms with Gasteiger partial charge in [0.15, 0.2) is 11.5 Å². The van der Waals surface area contributed by atoms with Crippen molar-refractivity contribution in [2.45, 2.75) is 13.0 Å². The molecule has 1 fully saturated rings. The monoisotopic (exact) mass is 341 g/mol. The summed E-state index contributed by atoms with van der Waals surface area (Å²) in [6.45, 7) is 4.67. The van der Waals surface area contributed by atoms with Crippen molar-refractivity contribution in [1.29, 1.82) is 0 Å². The second kappa shape index (κ2) is 7.53. The number of carbonyl (C=O) groups excluding carboxylic acids is 2. The zero-order valence-corrected chi connectivity index (χ0v) is 14.6. The summed E-state index contributed by atoms with van der Waals surface area (Å²) in [7, 11) is 1.78. The third kappa shape index (κ3) is 3.74. The van der Waals surface area contributed by atoms with Crippen LogP contribution in [0.2, 0.25) is 0 Å². The van der Waals surface area contributed by atoms with E-state index < -0.39 is 0 Å². The molecule has 3 rings (SSSR count). The van der Waals surface area contributed by atoms with Crippen molar-refractivity contribution in [1.82, 2.24) is 10.2 Å². The topological polar surface area (TPSA) is 65.8 Å². The van der Waals surface area contributed by atoms with Gasteiger partial charge in [-0.05, 0) is 50.4 Å². The van der Waals surface area contributed by atoms with Gasteiger partial charge >= 0.3 is 0 Å². The fourth-order valence-electron chi connectivity index (χ4n) is 2.94. The Labute approximate surface area is 147 Å². The molecule has 1 atom stereocenters. The van der Waals surface area contributed by atoms with E-state index in [2.05, 4.69) is 10.2 Å². The van der Waals surface area contributed by atoms with E-state index in [1.54, 1.807) is 19.2 Å². The van der Waals surface area contributed by atoms with E-state index in [1.165, 1.54) is 6.26 Å². The van der Waals surface area contributed by atoms with Gasteiger partial charge in [-0.3, -0.25) is 9.59 Å². The van der Waals surface area contributed by atoms with Crippen molar-refractivity contribution >= 4 is 17.4 Å². The summed E-state index contributed by atoms with van der Waals surface area (Å²) in [5.74, 6) is 0.407. The Bertz CT molecular complexity index is 717. The van der Waals surface area contributed by atoms with Gasteiger partial charge < -0.3 is 19.5 Å². The lowest BCUT2D eigenvalue weighted by atomic mass is 10.0. The zero-order valence-electron chi connectivity index (χ0n) is 14.6. The number of piperazine rings is 1. The lowest BCUT2D eigenvalue weighted by Gasteiger charge is -2.35. The summed E-state index contributed by atoms with van der Waals surface area (Å²) < 4.78 is 5.18. The highest BCUT2D eigenvalue weighted by molar-refractivity contribution is 6.00. The number of carbonyl (C=O) groups is 2. The minimum Gasteiger partial charge on any atom is -0.459 e. The average molecular weight is 341 g/mol. The number of hydrogen-bond donors (Lipinski definition) is 1. The number of Topliss-reactive ketones (excluding diaryl/α,β-unsaturated/α-hetero) is 1. The van der Waals surface area contributed by atoms with Crippen molar-refractivity contribution in [3.63, 3.8) is 0 Å². The van der Waals surface area contributed by atoms with E-state index in [0.29, 0.717) is 24.4 Å². The second-order valence-corrected chi connectivity index (χ2v) is 6.18. The molecule has 1 unspecified atom stereocenters. The molecule has 132 valence electrons. The Kier molecular flexibility index (Phi) is 5.19. The number of benzene rings is 1. The molecular formula is C19H23N3O3. The molecule has 1 aromatic heterocycles. The molecule has 1 aliphatic heterocycles. The number of likely N-dealkylation sites (N-methyl/N-ethyl adjacent to an activating group) is 1. The molecule has 1 aromatic carbocycles. The van der Waals surface area contributed by atoms with Crippen LogP contribution in [-0.4, -0.2) is 55.9 Å². The van der Waals surface area contributed by atoms with Crippen LogP contribution in [0.3, 0.4) is 0 Å². The molecule has 6 nitrogen and oxygen atoms in total. The van der Waals surface area contributed by atoms with E-state index in [1.807, 2.05) is 36.1 Å². The van der Waals surface area contributed by atoms with Crippen LogP contribution in [0.1, 0.15) is 27.8 Å². The number of hydrogen-bond acceptors (Lipinski definition) is 5. The van der Waals surface area contributed by atoms with Gasteiger partial charge in [0.05, 0.1) is 12.3 Å². The van der Waals surface area contributed by atoms with Gasteiger partial charge in [-0.15, -0.1) is 0 Å². The van der Waals surface area contributed by atoms with Crippen molar-refractivity contribution in [2.75, 3.05) is 38.1 Å². The Hall–Kier alpha value is -2.60. The quantitative estimate of drug-likeness (QED) is 0.843. The molecule has 0 spiro atoms. The zero-order chi connectivity index (χ0) is 17.8. The summed E-state index contributed by atoms with van der Waals surface area (Å²) in [6.07, 6.45) is 1.52. The van der Waals surface area contributed by atoms with E-state index in [4.69, 9.17) is 4.42 Å². The predicted octanol–water partition coefficient (Wildman–Crippen LogP) is 2.03. The molecule has 1 aliphatic rings. The summed E-state index contributed by atoms with van der Waals surface area (Å²) >= 11 is 0. The highest BCUT2D eigenvalue weighted by atomic mass is 16.3. The predicted molar refractivity (Wildman–Crippen MR) is 96.1 cm³/mol. The van der Waals surface area contributed by atoms with Gasteiger partial charge in [-0.2, -0.15) is 0 Å². The van der Waals surface area contributed by atoms with Crippen LogP contribution >= 0.6 is 0 Å². The van der Waals surface area contributed by atoms with Crippen LogP contribution in [0, 0.1) is 0 Å². The maximum atomic E-state index is 12.3. The van der Waals surface area contributed by atoms with Crippen molar-refractivity contribution in [3.05, 3.63) is 54.0 Å². The Morgan fingerprint density at radius 1 is 1.08 bits per heavy atom. The van der Waals surface area contributed by atoms with Gasteiger partial charge in [0.25, 0.3) is 5.91 Å². The van der Waals surface area contributed by atoms with Crippen molar-refractivity contribution in [3.8, 4) is 0 Å². The van der Waals surface area contributed by atoms with Crippen LogP contribution in [-0.2, 0) is 0 Å². The molecule has 0 bridgehead atoms. The smallest absolute Gasteiger partial charge is 0.289 e. The first-order chi connectivity index (χ1) is 12.1. The second-order valence-electron chi connectivity index (χ2n) is 6.18. The molecule has 0 radical (unpaired) electrons. The number of furan rings is 1. The summed E-state index contributed by atoms with van der Waals surface area (Å²) in [5, 5.41) is 2.96. The average Bonchev–Trinajstić information content (AvgIpc) is 3.21. The van der Waals surface area contributed by atoms with Gasteiger partial charge in [-0.25, -0.2) is 0 Å². The van der Waals surface area contributed by atoms with E-state index in [9.17, 15) is 9.59 Å². The summed E-state index contributed by atoms with van der Waals surface area (Å²) in [5.41, 5.74) is 1.77. The summed E-state index contributed by atoms with van der Waals surface area (Å²) in [6, 6.07) is 10.9. The van der Waals surface area contributed by atoms with Crippen LogP contribution < -0.4 is 10.2 Å². The third-order valence-corrected chi connectivity index (χ3v) is 4.64. The van der Waals surface area contributed by atoms with Crippen LogP contribution in [0.4, 0.5) is 5.69 Å². The van der Waals surface area contributed by atoms with E-state index in [-0.39, 0.29) is 17.7 Å². The molecular weight excluding hydrogens is 318 g/mol. The van der Waals surface area contributed by atoms with Gasteiger partial charge in [-0.1, -0.05) is 0 Å². The largest absolute Gasteiger partial charge is 0.459 e. The normalized spacial score (nSPS) is 15.9. The van der Waals surface area contributed by atoms with Crippen LogP contribution in [0.5, 0.6) is 0 Å². The molecule has 25 heavy (non-hydrogen) atoms. The molecule has 1 N–H and O–H groups in total. The highest BCUT2D eigenvalue weighted by Crippen LogP contribution is 2.19. The summed E-state index contributed by atoms with van der Waals surface area (Å²) in [4.78, 5) is 28.5. The molecule has 1 saturated heterocycles. The first-order valence-corrected chi connectivity index (χ1v) is 8.49. The van der Waals surface area contributed by atoms with E-state index >= 15 is 0 Å².